The van der Waals surface area contributed by atoms with Crippen molar-refractivity contribution in [2.45, 2.75) is 13.5 Å². The van der Waals surface area contributed by atoms with Crippen molar-refractivity contribution in [2.75, 3.05) is 32.7 Å². The van der Waals surface area contributed by atoms with Crippen LogP contribution in [0.25, 0.3) is 11.0 Å². The molecule has 1 fully saturated rings. The summed E-state index contributed by atoms with van der Waals surface area (Å²) in [5.74, 6) is -0.174. The molecule has 0 saturated carbocycles. The summed E-state index contributed by atoms with van der Waals surface area (Å²) in [6.45, 7) is 6.71. The SMILES string of the molecule is Cc1ncsc1C(=O)N1CCN(CCn2cnc3cc(F)ccc32)CC1. The van der Waals surface area contributed by atoms with E-state index in [2.05, 4.69) is 14.9 Å². The van der Waals surface area contributed by atoms with E-state index >= 15 is 0 Å². The summed E-state index contributed by atoms with van der Waals surface area (Å²) in [7, 11) is 0. The quantitative estimate of drug-likeness (QED) is 0.705. The van der Waals surface area contributed by atoms with Crippen LogP contribution in [0.5, 0.6) is 0 Å². The molecule has 2 aromatic heterocycles. The van der Waals surface area contributed by atoms with Crippen LogP contribution >= 0.6 is 11.3 Å². The molecule has 1 aromatic carbocycles. The van der Waals surface area contributed by atoms with E-state index in [9.17, 15) is 9.18 Å². The summed E-state index contributed by atoms with van der Waals surface area (Å²) >= 11 is 1.41. The number of imidazole rings is 1. The number of carbonyl (C=O) groups is 1. The van der Waals surface area contributed by atoms with Crippen LogP contribution in [-0.2, 0) is 6.54 Å². The van der Waals surface area contributed by atoms with Crippen molar-refractivity contribution in [3.8, 4) is 0 Å². The van der Waals surface area contributed by atoms with Crippen molar-refractivity contribution in [3.05, 3.63) is 46.4 Å². The van der Waals surface area contributed by atoms with Gasteiger partial charge in [-0.1, -0.05) is 0 Å². The number of aromatic nitrogens is 3. The molecule has 0 N–H and O–H groups in total. The molecule has 4 rings (SSSR count). The molecule has 8 heteroatoms. The lowest BCUT2D eigenvalue weighted by Crippen LogP contribution is -2.49. The Kier molecular flexibility index (Phi) is 4.69. The molecule has 0 spiro atoms. The number of nitrogens with zero attached hydrogens (tertiary/aromatic N) is 5. The van der Waals surface area contributed by atoms with Crippen LogP contribution in [0.2, 0.25) is 0 Å². The summed E-state index contributed by atoms with van der Waals surface area (Å²) in [6.07, 6.45) is 1.76. The van der Waals surface area contributed by atoms with Crippen LogP contribution in [0.15, 0.2) is 30.0 Å². The summed E-state index contributed by atoms with van der Waals surface area (Å²) in [6, 6.07) is 4.69. The Morgan fingerprint density at radius 2 is 2.00 bits per heavy atom. The Morgan fingerprint density at radius 1 is 1.19 bits per heavy atom. The van der Waals surface area contributed by atoms with E-state index in [1.54, 1.807) is 17.9 Å². The van der Waals surface area contributed by atoms with Gasteiger partial charge in [0.2, 0.25) is 0 Å². The van der Waals surface area contributed by atoms with Crippen molar-refractivity contribution in [3.63, 3.8) is 0 Å². The van der Waals surface area contributed by atoms with Gasteiger partial charge in [-0.05, 0) is 19.1 Å². The topological polar surface area (TPSA) is 54.3 Å². The molecule has 1 amide bonds. The number of hydrogen-bond donors (Lipinski definition) is 0. The molecule has 0 aliphatic carbocycles. The fourth-order valence-electron chi connectivity index (χ4n) is 3.29. The molecular weight excluding hydrogens is 353 g/mol. The highest BCUT2D eigenvalue weighted by Crippen LogP contribution is 2.17. The minimum Gasteiger partial charge on any atom is -0.335 e. The molecule has 6 nitrogen and oxygen atoms in total. The van der Waals surface area contributed by atoms with E-state index in [4.69, 9.17) is 0 Å². The summed E-state index contributed by atoms with van der Waals surface area (Å²) in [4.78, 5) is 26.0. The summed E-state index contributed by atoms with van der Waals surface area (Å²) in [5.41, 5.74) is 4.16. The molecule has 1 aliphatic heterocycles. The van der Waals surface area contributed by atoms with Crippen LogP contribution in [0.1, 0.15) is 15.4 Å². The van der Waals surface area contributed by atoms with E-state index in [0.29, 0.717) is 5.52 Å². The van der Waals surface area contributed by atoms with Crippen LogP contribution in [-0.4, -0.2) is 63.0 Å². The zero-order valence-electron chi connectivity index (χ0n) is 14.6. The van der Waals surface area contributed by atoms with Crippen LogP contribution in [0, 0.1) is 12.7 Å². The van der Waals surface area contributed by atoms with E-state index < -0.39 is 0 Å². The van der Waals surface area contributed by atoms with E-state index in [0.717, 1.165) is 55.4 Å². The maximum atomic E-state index is 13.3. The number of hydrogen-bond acceptors (Lipinski definition) is 5. The molecule has 1 saturated heterocycles. The highest BCUT2D eigenvalue weighted by atomic mass is 32.1. The number of aryl methyl sites for hydroxylation is 1. The molecule has 0 bridgehead atoms. The molecule has 3 heterocycles. The normalized spacial score (nSPS) is 15.7. The Balaban J connectivity index is 1.32. The van der Waals surface area contributed by atoms with Crippen LogP contribution in [0.3, 0.4) is 0 Å². The van der Waals surface area contributed by atoms with Crippen molar-refractivity contribution < 1.29 is 9.18 Å². The van der Waals surface area contributed by atoms with E-state index in [1.165, 1.54) is 23.5 Å². The average Bonchev–Trinajstić information content (AvgIpc) is 3.25. The number of thiazole rings is 1. The monoisotopic (exact) mass is 373 g/mol. The minimum atomic E-state index is -0.264. The fourth-order valence-corrected chi connectivity index (χ4v) is 4.06. The van der Waals surface area contributed by atoms with Gasteiger partial charge in [0.15, 0.2) is 0 Å². The van der Waals surface area contributed by atoms with Gasteiger partial charge in [-0.3, -0.25) is 9.69 Å². The zero-order valence-corrected chi connectivity index (χ0v) is 15.4. The maximum absolute atomic E-state index is 13.3. The Morgan fingerprint density at radius 3 is 2.73 bits per heavy atom. The molecule has 0 radical (unpaired) electrons. The predicted molar refractivity (Wildman–Crippen MR) is 98.9 cm³/mol. The van der Waals surface area contributed by atoms with Crippen molar-refractivity contribution >= 4 is 28.3 Å². The van der Waals surface area contributed by atoms with Gasteiger partial charge in [0, 0.05) is 45.3 Å². The number of carbonyl (C=O) groups excluding carboxylic acids is 1. The van der Waals surface area contributed by atoms with Gasteiger partial charge in [0.05, 0.1) is 28.6 Å². The first-order valence-electron chi connectivity index (χ1n) is 8.64. The first kappa shape index (κ1) is 17.1. The second-order valence-corrected chi connectivity index (χ2v) is 7.33. The number of piperazine rings is 1. The van der Waals surface area contributed by atoms with Gasteiger partial charge in [-0.25, -0.2) is 14.4 Å². The van der Waals surface area contributed by atoms with Gasteiger partial charge in [0.1, 0.15) is 10.7 Å². The maximum Gasteiger partial charge on any atom is 0.265 e. The Hall–Kier alpha value is -2.32. The molecular formula is C18H20FN5OS. The first-order valence-corrected chi connectivity index (χ1v) is 9.52. The second-order valence-electron chi connectivity index (χ2n) is 6.47. The molecule has 3 aromatic rings. The highest BCUT2D eigenvalue weighted by molar-refractivity contribution is 7.11. The molecule has 136 valence electrons. The van der Waals surface area contributed by atoms with Crippen LogP contribution in [0.4, 0.5) is 4.39 Å². The predicted octanol–water partition coefficient (Wildman–Crippen LogP) is 2.40. The highest BCUT2D eigenvalue weighted by Gasteiger charge is 2.24. The van der Waals surface area contributed by atoms with Crippen LogP contribution < -0.4 is 0 Å². The fraction of sp³-hybridized carbons (Fsp3) is 0.389. The smallest absolute Gasteiger partial charge is 0.265 e. The Bertz CT molecular complexity index is 929. The largest absolute Gasteiger partial charge is 0.335 e. The standard InChI is InChI=1S/C18H20FN5OS/c1-13-17(26-12-21-13)18(25)23-7-4-22(5-8-23)6-9-24-11-20-15-10-14(19)2-3-16(15)24/h2-3,10-12H,4-9H2,1H3. The van der Waals surface area contributed by atoms with E-state index in [-0.39, 0.29) is 11.7 Å². The van der Waals surface area contributed by atoms with Gasteiger partial charge in [-0.2, -0.15) is 0 Å². The summed E-state index contributed by atoms with van der Waals surface area (Å²) in [5, 5.41) is 0. The number of halogens is 1. The third-order valence-electron chi connectivity index (χ3n) is 4.84. The van der Waals surface area contributed by atoms with E-state index in [1.807, 2.05) is 16.4 Å². The van der Waals surface area contributed by atoms with Crippen molar-refractivity contribution in [1.82, 2.24) is 24.3 Å². The Labute approximate surface area is 154 Å². The number of amides is 1. The van der Waals surface area contributed by atoms with Gasteiger partial charge in [0.25, 0.3) is 5.91 Å². The van der Waals surface area contributed by atoms with Gasteiger partial charge in [-0.15, -0.1) is 11.3 Å². The lowest BCUT2D eigenvalue weighted by Gasteiger charge is -2.34. The third kappa shape index (κ3) is 3.34. The molecule has 0 unspecified atom stereocenters. The number of rotatable bonds is 4. The van der Waals surface area contributed by atoms with Gasteiger partial charge < -0.3 is 9.47 Å². The van der Waals surface area contributed by atoms with Crippen molar-refractivity contribution in [2.24, 2.45) is 0 Å². The second kappa shape index (κ2) is 7.13. The number of benzene rings is 1. The zero-order chi connectivity index (χ0) is 18.1. The molecule has 0 atom stereocenters. The third-order valence-corrected chi connectivity index (χ3v) is 5.76. The van der Waals surface area contributed by atoms with Crippen molar-refractivity contribution in [1.29, 1.82) is 0 Å². The van der Waals surface area contributed by atoms with Gasteiger partial charge >= 0.3 is 0 Å². The lowest BCUT2D eigenvalue weighted by molar-refractivity contribution is 0.0637. The molecule has 26 heavy (non-hydrogen) atoms. The number of fused-ring (bicyclic) bond motifs is 1. The average molecular weight is 373 g/mol. The lowest BCUT2D eigenvalue weighted by atomic mass is 10.2. The summed E-state index contributed by atoms with van der Waals surface area (Å²) < 4.78 is 15.3. The molecule has 1 aliphatic rings. The first-order chi connectivity index (χ1) is 12.6. The minimum absolute atomic E-state index is 0.0901.